The van der Waals surface area contributed by atoms with Gasteiger partial charge in [0, 0.05) is 17.1 Å². The first-order valence-corrected chi connectivity index (χ1v) is 6.33. The van der Waals surface area contributed by atoms with Crippen molar-refractivity contribution in [2.24, 2.45) is 0 Å². The number of hydrogen-bond acceptors (Lipinski definition) is 2. The number of halogens is 3. The lowest BCUT2D eigenvalue weighted by Gasteiger charge is -2.09. The van der Waals surface area contributed by atoms with Crippen molar-refractivity contribution in [3.8, 4) is 11.1 Å². The first kappa shape index (κ1) is 12.9. The Morgan fingerprint density at radius 3 is 2.50 bits per heavy atom. The Morgan fingerprint density at radius 2 is 1.80 bits per heavy atom. The molecule has 2 heterocycles. The number of benzene rings is 1. The molecule has 20 heavy (non-hydrogen) atoms. The molecule has 5 heteroatoms. The van der Waals surface area contributed by atoms with Crippen LogP contribution in [0.25, 0.3) is 22.0 Å². The molecule has 0 atom stereocenters. The molecular weight excluding hydrogens is 282 g/mol. The summed E-state index contributed by atoms with van der Waals surface area (Å²) in [4.78, 5) is 7.92. The van der Waals surface area contributed by atoms with Crippen LogP contribution in [-0.2, 0) is 0 Å². The highest BCUT2D eigenvalue weighted by Crippen LogP contribution is 2.32. The first-order valence-electron chi connectivity index (χ1n) is 5.95. The van der Waals surface area contributed by atoms with Crippen molar-refractivity contribution >= 4 is 22.5 Å². The molecule has 3 aromatic rings. The quantitative estimate of drug-likeness (QED) is 0.628. The molecule has 0 aliphatic rings. The van der Waals surface area contributed by atoms with Gasteiger partial charge in [0.2, 0.25) is 0 Å². The summed E-state index contributed by atoms with van der Waals surface area (Å²) in [5, 5.41) is 0.612. The van der Waals surface area contributed by atoms with E-state index >= 15 is 0 Å². The van der Waals surface area contributed by atoms with Crippen LogP contribution in [0.4, 0.5) is 8.78 Å². The standard InChI is InChI=1S/C15H9ClF2N2/c16-14-10(9-4-2-1-3-5-9)8-11-12(20-14)6-7-19-13(11)15(17)18/h1-8,15H. The van der Waals surface area contributed by atoms with Gasteiger partial charge in [-0.25, -0.2) is 13.8 Å². The first-order chi connectivity index (χ1) is 9.66. The molecule has 0 radical (unpaired) electrons. The van der Waals surface area contributed by atoms with Crippen molar-refractivity contribution < 1.29 is 8.78 Å². The van der Waals surface area contributed by atoms with Crippen LogP contribution < -0.4 is 0 Å². The number of rotatable bonds is 2. The highest BCUT2D eigenvalue weighted by molar-refractivity contribution is 6.32. The zero-order chi connectivity index (χ0) is 14.1. The number of fused-ring (bicyclic) bond motifs is 1. The Labute approximate surface area is 119 Å². The second-order valence-corrected chi connectivity index (χ2v) is 4.61. The summed E-state index contributed by atoms with van der Waals surface area (Å²) < 4.78 is 26.0. The van der Waals surface area contributed by atoms with E-state index in [1.165, 1.54) is 6.20 Å². The van der Waals surface area contributed by atoms with Gasteiger partial charge in [0.05, 0.1) is 5.52 Å². The van der Waals surface area contributed by atoms with Gasteiger partial charge < -0.3 is 0 Å². The van der Waals surface area contributed by atoms with Crippen molar-refractivity contribution in [3.63, 3.8) is 0 Å². The lowest BCUT2D eigenvalue weighted by Crippen LogP contribution is -1.94. The lowest BCUT2D eigenvalue weighted by molar-refractivity contribution is 0.148. The Balaban J connectivity index is 2.30. The normalized spacial score (nSPS) is 11.2. The predicted octanol–water partition coefficient (Wildman–Crippen LogP) is 4.89. The van der Waals surface area contributed by atoms with E-state index in [1.54, 1.807) is 12.1 Å². The lowest BCUT2D eigenvalue weighted by atomic mass is 10.0. The van der Waals surface area contributed by atoms with Crippen molar-refractivity contribution in [1.29, 1.82) is 0 Å². The largest absolute Gasteiger partial charge is 0.281 e. The van der Waals surface area contributed by atoms with Gasteiger partial charge in [-0.05, 0) is 17.7 Å². The predicted molar refractivity (Wildman–Crippen MR) is 74.9 cm³/mol. The minimum absolute atomic E-state index is 0.274. The van der Waals surface area contributed by atoms with Gasteiger partial charge in [-0.1, -0.05) is 41.9 Å². The van der Waals surface area contributed by atoms with E-state index in [0.29, 0.717) is 16.5 Å². The van der Waals surface area contributed by atoms with Gasteiger partial charge in [-0.2, -0.15) is 0 Å². The topological polar surface area (TPSA) is 25.8 Å². The van der Waals surface area contributed by atoms with E-state index in [0.717, 1.165) is 5.56 Å². The van der Waals surface area contributed by atoms with Crippen molar-refractivity contribution in [2.75, 3.05) is 0 Å². The van der Waals surface area contributed by atoms with Crippen LogP contribution in [0.15, 0.2) is 48.7 Å². The Kier molecular flexibility index (Phi) is 3.32. The number of aromatic nitrogens is 2. The molecule has 0 aliphatic heterocycles. The van der Waals surface area contributed by atoms with Gasteiger partial charge in [-0.15, -0.1) is 0 Å². The molecule has 0 amide bonds. The zero-order valence-corrected chi connectivity index (χ0v) is 11.0. The summed E-state index contributed by atoms with van der Waals surface area (Å²) in [6.45, 7) is 0. The monoisotopic (exact) mass is 290 g/mol. The van der Waals surface area contributed by atoms with E-state index in [2.05, 4.69) is 9.97 Å². The molecule has 1 aromatic carbocycles. The molecule has 2 aromatic heterocycles. The van der Waals surface area contributed by atoms with Gasteiger partial charge >= 0.3 is 0 Å². The maximum atomic E-state index is 13.0. The summed E-state index contributed by atoms with van der Waals surface area (Å²) in [7, 11) is 0. The third-order valence-corrected chi connectivity index (χ3v) is 3.31. The molecule has 0 N–H and O–H groups in total. The molecule has 100 valence electrons. The molecule has 0 fully saturated rings. The average molecular weight is 291 g/mol. The van der Waals surface area contributed by atoms with Gasteiger partial charge in [0.25, 0.3) is 6.43 Å². The highest BCUT2D eigenvalue weighted by atomic mass is 35.5. The maximum Gasteiger partial charge on any atom is 0.281 e. The molecule has 0 spiro atoms. The van der Waals surface area contributed by atoms with Gasteiger partial charge in [0.1, 0.15) is 10.8 Å². The third-order valence-electron chi connectivity index (χ3n) is 3.02. The summed E-state index contributed by atoms with van der Waals surface area (Å²) in [6.07, 6.45) is -1.33. The Morgan fingerprint density at radius 1 is 1.05 bits per heavy atom. The Bertz CT molecular complexity index is 760. The van der Waals surface area contributed by atoms with E-state index in [4.69, 9.17) is 11.6 Å². The van der Waals surface area contributed by atoms with Crippen LogP contribution in [0.2, 0.25) is 5.15 Å². The summed E-state index contributed by atoms with van der Waals surface area (Å²) >= 11 is 6.15. The van der Waals surface area contributed by atoms with E-state index in [-0.39, 0.29) is 10.8 Å². The third kappa shape index (κ3) is 2.23. The van der Waals surface area contributed by atoms with Crippen LogP contribution in [-0.4, -0.2) is 9.97 Å². The zero-order valence-electron chi connectivity index (χ0n) is 10.2. The molecule has 0 unspecified atom stereocenters. The second kappa shape index (κ2) is 5.13. The smallest absolute Gasteiger partial charge is 0.254 e. The molecule has 3 rings (SSSR count). The highest BCUT2D eigenvalue weighted by Gasteiger charge is 2.16. The molecule has 0 aliphatic carbocycles. The fraction of sp³-hybridized carbons (Fsp3) is 0.0667. The van der Waals surface area contributed by atoms with Crippen molar-refractivity contribution in [1.82, 2.24) is 9.97 Å². The molecule has 0 saturated heterocycles. The van der Waals surface area contributed by atoms with Gasteiger partial charge in [-0.3, -0.25) is 4.98 Å². The number of nitrogens with zero attached hydrogens (tertiary/aromatic N) is 2. The van der Waals surface area contributed by atoms with Crippen LogP contribution in [0.1, 0.15) is 12.1 Å². The van der Waals surface area contributed by atoms with E-state index in [1.807, 2.05) is 30.3 Å². The minimum Gasteiger partial charge on any atom is -0.254 e. The van der Waals surface area contributed by atoms with Crippen LogP contribution in [0.3, 0.4) is 0 Å². The second-order valence-electron chi connectivity index (χ2n) is 4.26. The number of alkyl halides is 2. The van der Waals surface area contributed by atoms with E-state index in [9.17, 15) is 8.78 Å². The van der Waals surface area contributed by atoms with Crippen molar-refractivity contribution in [2.45, 2.75) is 6.43 Å². The fourth-order valence-electron chi connectivity index (χ4n) is 2.09. The number of pyridine rings is 2. The van der Waals surface area contributed by atoms with Crippen LogP contribution in [0.5, 0.6) is 0 Å². The molecule has 2 nitrogen and oxygen atoms in total. The van der Waals surface area contributed by atoms with Gasteiger partial charge in [0.15, 0.2) is 0 Å². The summed E-state index contributed by atoms with van der Waals surface area (Å²) in [5.41, 5.74) is 1.59. The average Bonchev–Trinajstić information content (AvgIpc) is 2.46. The van der Waals surface area contributed by atoms with Crippen LogP contribution in [0, 0.1) is 0 Å². The Hall–Kier alpha value is -2.07. The molecule has 0 saturated carbocycles. The minimum atomic E-state index is -2.65. The molecule has 0 bridgehead atoms. The summed E-state index contributed by atoms with van der Waals surface area (Å²) in [6, 6.07) is 12.5. The fourth-order valence-corrected chi connectivity index (χ4v) is 2.34. The van der Waals surface area contributed by atoms with Crippen molar-refractivity contribution in [3.05, 3.63) is 59.5 Å². The maximum absolute atomic E-state index is 13.0. The van der Waals surface area contributed by atoms with Crippen LogP contribution >= 0.6 is 11.6 Å². The molecular formula is C15H9ClF2N2. The SMILES string of the molecule is FC(F)c1nccc2nc(Cl)c(-c3ccccc3)cc12. The summed E-state index contributed by atoms with van der Waals surface area (Å²) in [5.74, 6) is 0. The number of hydrogen-bond donors (Lipinski definition) is 0. The van der Waals surface area contributed by atoms with E-state index < -0.39 is 6.43 Å².